The fraction of sp³-hybridized carbons (Fsp3) is 0.235. The first-order valence-corrected chi connectivity index (χ1v) is 7.09. The summed E-state index contributed by atoms with van der Waals surface area (Å²) in [5.41, 5.74) is 1.11. The Labute approximate surface area is 128 Å². The second-order valence-corrected chi connectivity index (χ2v) is 5.34. The van der Waals surface area contributed by atoms with Crippen molar-refractivity contribution in [3.8, 4) is 0 Å². The number of quaternary nitrogens is 1. The average molecular weight is 305 g/mol. The van der Waals surface area contributed by atoms with E-state index in [0.29, 0.717) is 6.54 Å². The zero-order chi connectivity index (χ0) is 16.1. The molecule has 116 valence electrons. The van der Waals surface area contributed by atoms with Crippen LogP contribution in [0, 0.1) is 11.6 Å². The second-order valence-electron chi connectivity index (χ2n) is 5.34. The van der Waals surface area contributed by atoms with Crippen LogP contribution in [-0.2, 0) is 11.3 Å². The van der Waals surface area contributed by atoms with E-state index in [2.05, 4.69) is 5.32 Å². The number of amides is 1. The molecule has 0 aliphatic rings. The molecule has 2 atom stereocenters. The first kappa shape index (κ1) is 16.1. The molecule has 2 N–H and O–H groups in total. The molecule has 0 bridgehead atoms. The first-order valence-electron chi connectivity index (χ1n) is 7.09. The largest absolute Gasteiger partial charge is 0.324 e. The Morgan fingerprint density at radius 1 is 1.18 bits per heavy atom. The molecule has 1 unspecified atom stereocenters. The number of likely N-dealkylation sites (N-methyl/N-ethyl adjacent to an activating group) is 1. The minimum atomic E-state index is -0.777. The predicted octanol–water partition coefficient (Wildman–Crippen LogP) is 2.01. The van der Waals surface area contributed by atoms with Crippen molar-refractivity contribution < 1.29 is 18.5 Å². The molecule has 5 heteroatoms. The summed E-state index contributed by atoms with van der Waals surface area (Å²) in [5.74, 6) is -1.75. The number of carbonyl (C=O) groups is 1. The van der Waals surface area contributed by atoms with Crippen LogP contribution in [0.4, 0.5) is 14.5 Å². The summed E-state index contributed by atoms with van der Waals surface area (Å²) in [6, 6.07) is 12.5. The molecule has 0 radical (unpaired) electrons. The SMILES string of the molecule is C[C@H](C(=O)Nc1ccc(F)cc1F)[NH+](C)Cc1ccccc1. The number of carbonyl (C=O) groups excluding carboxylic acids is 1. The Morgan fingerprint density at radius 2 is 1.86 bits per heavy atom. The maximum absolute atomic E-state index is 13.6. The summed E-state index contributed by atoms with van der Waals surface area (Å²) in [4.78, 5) is 13.2. The van der Waals surface area contributed by atoms with E-state index in [0.717, 1.165) is 22.6 Å². The topological polar surface area (TPSA) is 33.5 Å². The van der Waals surface area contributed by atoms with Crippen molar-refractivity contribution in [3.05, 3.63) is 65.7 Å². The van der Waals surface area contributed by atoms with Gasteiger partial charge in [-0.1, -0.05) is 30.3 Å². The smallest absolute Gasteiger partial charge is 0.282 e. The van der Waals surface area contributed by atoms with Gasteiger partial charge in [0.1, 0.15) is 18.2 Å². The Balaban J connectivity index is 1.99. The molecule has 22 heavy (non-hydrogen) atoms. The summed E-state index contributed by atoms with van der Waals surface area (Å²) in [7, 11) is 1.90. The molecule has 2 rings (SSSR count). The van der Waals surface area contributed by atoms with Crippen molar-refractivity contribution in [1.29, 1.82) is 0 Å². The number of anilines is 1. The highest BCUT2D eigenvalue weighted by Gasteiger charge is 2.22. The van der Waals surface area contributed by atoms with Gasteiger partial charge in [-0.3, -0.25) is 4.79 Å². The molecule has 0 spiro atoms. The third kappa shape index (κ3) is 4.11. The lowest BCUT2D eigenvalue weighted by Gasteiger charge is -2.21. The lowest BCUT2D eigenvalue weighted by Crippen LogP contribution is -3.12. The van der Waals surface area contributed by atoms with Gasteiger partial charge >= 0.3 is 0 Å². The van der Waals surface area contributed by atoms with E-state index in [9.17, 15) is 13.6 Å². The third-order valence-corrected chi connectivity index (χ3v) is 3.65. The van der Waals surface area contributed by atoms with E-state index in [1.807, 2.05) is 37.4 Å². The maximum atomic E-state index is 13.6. The van der Waals surface area contributed by atoms with Gasteiger partial charge in [0, 0.05) is 11.6 Å². The van der Waals surface area contributed by atoms with Crippen molar-refractivity contribution in [2.45, 2.75) is 19.5 Å². The van der Waals surface area contributed by atoms with Gasteiger partial charge in [-0.25, -0.2) is 8.78 Å². The van der Waals surface area contributed by atoms with Gasteiger partial charge in [-0.05, 0) is 19.1 Å². The molecule has 0 saturated carbocycles. The van der Waals surface area contributed by atoms with Gasteiger partial charge in [0.25, 0.3) is 5.91 Å². The quantitative estimate of drug-likeness (QED) is 0.870. The molecule has 0 saturated heterocycles. The van der Waals surface area contributed by atoms with Crippen LogP contribution in [-0.4, -0.2) is 19.0 Å². The molecule has 0 heterocycles. The summed E-state index contributed by atoms with van der Waals surface area (Å²) < 4.78 is 26.4. The highest BCUT2D eigenvalue weighted by atomic mass is 19.1. The molecule has 0 aliphatic heterocycles. The van der Waals surface area contributed by atoms with Crippen molar-refractivity contribution in [2.24, 2.45) is 0 Å². The fourth-order valence-electron chi connectivity index (χ4n) is 2.13. The van der Waals surface area contributed by atoms with E-state index < -0.39 is 11.6 Å². The van der Waals surface area contributed by atoms with Gasteiger partial charge in [-0.15, -0.1) is 0 Å². The second kappa shape index (κ2) is 7.13. The van der Waals surface area contributed by atoms with Crippen LogP contribution in [0.2, 0.25) is 0 Å². The Morgan fingerprint density at radius 3 is 2.50 bits per heavy atom. The van der Waals surface area contributed by atoms with E-state index >= 15 is 0 Å². The minimum Gasteiger partial charge on any atom is -0.324 e. The number of hydrogen-bond acceptors (Lipinski definition) is 1. The molecule has 2 aromatic carbocycles. The molecule has 1 amide bonds. The van der Waals surface area contributed by atoms with Gasteiger partial charge in [0.15, 0.2) is 6.04 Å². The summed E-state index contributed by atoms with van der Waals surface area (Å²) in [6.45, 7) is 2.45. The number of benzene rings is 2. The zero-order valence-electron chi connectivity index (χ0n) is 12.6. The number of hydrogen-bond donors (Lipinski definition) is 2. The van der Waals surface area contributed by atoms with Crippen molar-refractivity contribution in [3.63, 3.8) is 0 Å². The van der Waals surface area contributed by atoms with Crippen LogP contribution < -0.4 is 10.2 Å². The fourth-order valence-corrected chi connectivity index (χ4v) is 2.13. The van der Waals surface area contributed by atoms with Crippen molar-refractivity contribution >= 4 is 11.6 Å². The number of rotatable bonds is 5. The molecule has 0 aromatic heterocycles. The van der Waals surface area contributed by atoms with Gasteiger partial charge in [-0.2, -0.15) is 0 Å². The molecule has 3 nitrogen and oxygen atoms in total. The molecular formula is C17H19F2N2O+. The van der Waals surface area contributed by atoms with E-state index in [4.69, 9.17) is 0 Å². The van der Waals surface area contributed by atoms with Crippen molar-refractivity contribution in [1.82, 2.24) is 0 Å². The number of halogens is 2. The van der Waals surface area contributed by atoms with Gasteiger partial charge in [0.05, 0.1) is 12.7 Å². The van der Waals surface area contributed by atoms with E-state index in [1.165, 1.54) is 6.07 Å². The normalized spacial score (nSPS) is 13.5. The zero-order valence-corrected chi connectivity index (χ0v) is 12.6. The molecule has 2 aromatic rings. The van der Waals surface area contributed by atoms with Crippen LogP contribution in [0.3, 0.4) is 0 Å². The summed E-state index contributed by atoms with van der Waals surface area (Å²) in [5, 5.41) is 2.50. The highest BCUT2D eigenvalue weighted by Crippen LogP contribution is 2.14. The van der Waals surface area contributed by atoms with Gasteiger partial charge < -0.3 is 10.2 Å². The van der Waals surface area contributed by atoms with E-state index in [-0.39, 0.29) is 17.6 Å². The monoisotopic (exact) mass is 305 g/mol. The van der Waals surface area contributed by atoms with Crippen LogP contribution in [0.5, 0.6) is 0 Å². The lowest BCUT2D eigenvalue weighted by molar-refractivity contribution is -0.907. The Kier molecular flexibility index (Phi) is 5.22. The van der Waals surface area contributed by atoms with E-state index in [1.54, 1.807) is 6.92 Å². The minimum absolute atomic E-state index is 0.00855. The average Bonchev–Trinajstić information content (AvgIpc) is 2.50. The Bertz CT molecular complexity index is 646. The molecule has 0 fully saturated rings. The standard InChI is InChI=1S/C17H18F2N2O/c1-12(21(2)11-13-6-4-3-5-7-13)17(22)20-16-9-8-14(18)10-15(16)19/h3-10,12H,11H2,1-2H3,(H,20,22)/p+1/t12-/m1/s1. The molecular weight excluding hydrogens is 286 g/mol. The Hall–Kier alpha value is -2.27. The first-order chi connectivity index (χ1) is 10.5. The predicted molar refractivity (Wildman–Crippen MR) is 81.5 cm³/mol. The van der Waals surface area contributed by atoms with Crippen molar-refractivity contribution in [2.75, 3.05) is 12.4 Å². The van der Waals surface area contributed by atoms with Crippen LogP contribution in [0.15, 0.2) is 48.5 Å². The van der Waals surface area contributed by atoms with Crippen LogP contribution in [0.1, 0.15) is 12.5 Å². The lowest BCUT2D eigenvalue weighted by atomic mass is 10.2. The molecule has 0 aliphatic carbocycles. The third-order valence-electron chi connectivity index (χ3n) is 3.65. The summed E-state index contributed by atoms with van der Waals surface area (Å²) >= 11 is 0. The van der Waals surface area contributed by atoms with Gasteiger partial charge in [0.2, 0.25) is 0 Å². The number of nitrogens with one attached hydrogen (secondary N) is 2. The maximum Gasteiger partial charge on any atom is 0.282 e. The van der Waals surface area contributed by atoms with Crippen LogP contribution >= 0.6 is 0 Å². The van der Waals surface area contributed by atoms with Crippen LogP contribution in [0.25, 0.3) is 0 Å². The highest BCUT2D eigenvalue weighted by molar-refractivity contribution is 5.93. The summed E-state index contributed by atoms with van der Waals surface area (Å²) in [6.07, 6.45) is 0.